The zero-order chi connectivity index (χ0) is 82.1. The summed E-state index contributed by atoms with van der Waals surface area (Å²) in [5.41, 5.74) is 28.0. The van der Waals surface area contributed by atoms with Crippen molar-refractivity contribution in [2.75, 3.05) is 24.5 Å². The number of para-hydroxylation sites is 5. The number of benzene rings is 19. The Bertz CT molecular complexity index is 6710. The van der Waals surface area contributed by atoms with E-state index in [4.69, 9.17) is 4.42 Å². The van der Waals surface area contributed by atoms with E-state index in [2.05, 4.69) is 454 Å². The Morgan fingerprint density at radius 1 is 0.248 bits per heavy atom. The first-order valence-corrected chi connectivity index (χ1v) is 41.5. The Labute approximate surface area is 707 Å². The van der Waals surface area contributed by atoms with Crippen LogP contribution in [-0.4, -0.2) is 0 Å². The molecule has 0 saturated carbocycles. The molecule has 582 valence electrons. The summed E-state index contributed by atoms with van der Waals surface area (Å²) in [7, 11) is 0. The zero-order valence-corrected chi connectivity index (χ0v) is 68.5. The van der Waals surface area contributed by atoms with Gasteiger partial charge in [0.05, 0.1) is 44.9 Å². The molecule has 0 amide bonds. The van der Waals surface area contributed by atoms with E-state index >= 15 is 0 Å². The molecule has 0 N–H and O–H groups in total. The smallest absolute Gasteiger partial charge is 0.200 e. The lowest BCUT2D eigenvalue weighted by molar-refractivity contribution is 0.631. The minimum absolute atomic E-state index is 0.00368. The van der Waals surface area contributed by atoms with Gasteiger partial charge in [0.2, 0.25) is 5.43 Å². The van der Waals surface area contributed by atoms with Crippen LogP contribution in [0.3, 0.4) is 0 Å². The van der Waals surface area contributed by atoms with E-state index in [0.717, 1.165) is 73.9 Å². The van der Waals surface area contributed by atoms with E-state index in [1.54, 1.807) is 0 Å². The molecular weight excluding hydrogens is 1470 g/mol. The third-order valence-electron chi connectivity index (χ3n) is 23.6. The van der Waals surface area contributed by atoms with Crippen molar-refractivity contribution in [2.45, 2.75) is 47.0 Å². The lowest BCUT2D eigenvalue weighted by Crippen LogP contribution is -2.30. The van der Waals surface area contributed by atoms with Crippen LogP contribution in [0.2, 0.25) is 0 Å². The second kappa shape index (κ2) is 32.6. The summed E-state index contributed by atoms with van der Waals surface area (Å²) in [5, 5.41) is 10.9. The number of nitrogens with zero attached hydrogens (tertiary/aromatic N) is 5. The highest BCUT2D eigenvalue weighted by atomic mass is 16.3. The van der Waals surface area contributed by atoms with Gasteiger partial charge in [-0.25, -0.2) is 0 Å². The van der Waals surface area contributed by atoms with Crippen molar-refractivity contribution in [3.63, 3.8) is 0 Å². The van der Waals surface area contributed by atoms with Crippen LogP contribution >= 0.6 is 0 Å². The fraction of sp³-hybridized carbons (Fsp3) is 0.0614. The van der Waals surface area contributed by atoms with Gasteiger partial charge in [0.15, 0.2) is 0 Å². The van der Waals surface area contributed by atoms with Gasteiger partial charge in [-0.3, -0.25) is 4.79 Å². The van der Waals surface area contributed by atoms with Crippen LogP contribution in [-0.2, 0) is 5.41 Å². The molecule has 2 heterocycles. The van der Waals surface area contributed by atoms with Gasteiger partial charge >= 0.3 is 0 Å². The van der Waals surface area contributed by atoms with Gasteiger partial charge in [-0.05, 0) is 206 Å². The topological polar surface area (TPSA) is 46.4 Å². The quantitative estimate of drug-likeness (QED) is 0.0794. The number of anilines is 15. The van der Waals surface area contributed by atoms with E-state index in [1.807, 2.05) is 42.5 Å². The molecule has 1 aliphatic heterocycles. The lowest BCUT2D eigenvalue weighted by Gasteiger charge is -2.42. The normalized spacial score (nSPS) is 12.0. The summed E-state index contributed by atoms with van der Waals surface area (Å²) in [5.74, 6) is 0. The Balaban J connectivity index is 0.000000122. The first-order chi connectivity index (χ1) is 59.4. The SMILES string of the molecule is CC1(C)c2ccccc2N(c2ccc3c(=O)c4ccccc4oc3c2)c2ccccc21.Cc1ccc(N(c2ccc(C)cc2)c2c3ccccc3c(N(c3ccc(C)cc3)c3ccc(C)cc3)c3ccccc23)cc1.c1ccc(N(c2ccc(-c3ccc(N(c4ccccc4)c4cccc5ccccc45)cc3)cc2)c2cccc3ccccc23)cc1. The minimum Gasteiger partial charge on any atom is -0.456 e. The van der Waals surface area contributed by atoms with E-state index in [0.29, 0.717) is 21.9 Å². The van der Waals surface area contributed by atoms with Crippen LogP contribution in [0.1, 0.15) is 47.2 Å². The van der Waals surface area contributed by atoms with Gasteiger partial charge in [0.25, 0.3) is 0 Å². The number of fused-ring (bicyclic) bond motifs is 8. The van der Waals surface area contributed by atoms with Crippen LogP contribution in [0.15, 0.2) is 440 Å². The number of hydrogen-bond acceptors (Lipinski definition) is 7. The van der Waals surface area contributed by atoms with Gasteiger partial charge in [-0.2, -0.15) is 0 Å². The van der Waals surface area contributed by atoms with Crippen LogP contribution in [0.25, 0.3) is 76.2 Å². The first-order valence-electron chi connectivity index (χ1n) is 41.5. The van der Waals surface area contributed by atoms with Crippen molar-refractivity contribution in [1.82, 2.24) is 0 Å². The van der Waals surface area contributed by atoms with Crippen molar-refractivity contribution in [1.29, 1.82) is 0 Å². The molecule has 0 atom stereocenters. The molecule has 0 aliphatic carbocycles. The summed E-state index contributed by atoms with van der Waals surface area (Å²) in [6.45, 7) is 13.1. The average molecular weight is 1560 g/mol. The maximum absolute atomic E-state index is 13.0. The number of hydrogen-bond donors (Lipinski definition) is 0. The third kappa shape index (κ3) is 14.6. The highest BCUT2D eigenvalue weighted by molar-refractivity contribution is 6.23. The largest absolute Gasteiger partial charge is 0.456 e. The summed E-state index contributed by atoms with van der Waals surface area (Å²) < 4.78 is 6.15. The van der Waals surface area contributed by atoms with Gasteiger partial charge in [-0.1, -0.05) is 315 Å². The van der Waals surface area contributed by atoms with Gasteiger partial charge in [0, 0.05) is 95.0 Å². The lowest BCUT2D eigenvalue weighted by atomic mass is 9.73. The number of aryl methyl sites for hydroxylation is 4. The molecule has 7 nitrogen and oxygen atoms in total. The molecule has 0 bridgehead atoms. The maximum Gasteiger partial charge on any atom is 0.200 e. The molecule has 121 heavy (non-hydrogen) atoms. The van der Waals surface area contributed by atoms with E-state index in [1.165, 1.54) is 99.0 Å². The first kappa shape index (κ1) is 75.7. The van der Waals surface area contributed by atoms with Crippen LogP contribution < -0.4 is 29.9 Å². The van der Waals surface area contributed by atoms with Gasteiger partial charge < -0.3 is 28.9 Å². The molecule has 0 fully saturated rings. The molecule has 7 heteroatoms. The fourth-order valence-corrected chi connectivity index (χ4v) is 17.5. The Kier molecular flexibility index (Phi) is 20.4. The van der Waals surface area contributed by atoms with Crippen molar-refractivity contribution < 1.29 is 4.42 Å². The molecule has 20 aromatic rings. The van der Waals surface area contributed by atoms with Crippen molar-refractivity contribution in [3.05, 3.63) is 474 Å². The molecule has 21 rings (SSSR count). The van der Waals surface area contributed by atoms with Gasteiger partial charge in [-0.15, -0.1) is 0 Å². The number of rotatable bonds is 14. The summed E-state index contributed by atoms with van der Waals surface area (Å²) >= 11 is 0. The monoisotopic (exact) mass is 1560 g/mol. The predicted molar refractivity (Wildman–Crippen MR) is 513 cm³/mol. The second-order valence-corrected chi connectivity index (χ2v) is 31.8. The second-order valence-electron chi connectivity index (χ2n) is 31.8. The summed E-state index contributed by atoms with van der Waals surface area (Å²) in [6, 6.07) is 153. The molecule has 0 unspecified atom stereocenters. The summed E-state index contributed by atoms with van der Waals surface area (Å²) in [6.07, 6.45) is 0. The average Bonchev–Trinajstić information content (AvgIpc) is 0.772. The fourth-order valence-electron chi connectivity index (χ4n) is 17.5. The predicted octanol–water partition coefficient (Wildman–Crippen LogP) is 31.8. The zero-order valence-electron chi connectivity index (χ0n) is 68.5. The Morgan fingerprint density at radius 2 is 0.545 bits per heavy atom. The van der Waals surface area contributed by atoms with Crippen molar-refractivity contribution in [3.8, 4) is 11.1 Å². The van der Waals surface area contributed by atoms with E-state index in [9.17, 15) is 4.79 Å². The highest BCUT2D eigenvalue weighted by Crippen LogP contribution is 2.54. The van der Waals surface area contributed by atoms with Crippen LogP contribution in [0.4, 0.5) is 85.3 Å². The van der Waals surface area contributed by atoms with Crippen LogP contribution in [0.5, 0.6) is 0 Å². The summed E-state index contributed by atoms with van der Waals surface area (Å²) in [4.78, 5) is 24.8. The maximum atomic E-state index is 13.0. The van der Waals surface area contributed by atoms with Crippen molar-refractivity contribution >= 4 is 150 Å². The Hall–Kier alpha value is -15.3. The molecule has 0 radical (unpaired) electrons. The van der Waals surface area contributed by atoms with Crippen molar-refractivity contribution in [2.24, 2.45) is 0 Å². The molecular formula is C114H89N5O2. The molecule has 1 aliphatic rings. The third-order valence-corrected chi connectivity index (χ3v) is 23.6. The van der Waals surface area contributed by atoms with Crippen LogP contribution in [0, 0.1) is 27.7 Å². The van der Waals surface area contributed by atoms with Gasteiger partial charge in [0.1, 0.15) is 11.2 Å². The molecule has 0 spiro atoms. The molecule has 1 aromatic heterocycles. The standard InChI is InChI=1S/C44H32N2.C42H36N2.C28H21NO2/c1-3-17-37(18-4-1)45(43-23-11-15-35-13-7-9-21-41(35)43)39-29-25-33(26-30-39)34-27-31-40(32-28-34)46(38-19-5-2-6-20-38)44-24-12-16-36-14-8-10-22-42(36)44;1-29-13-21-33(22-14-29)43(34-23-15-30(2)16-24-34)41-37-9-5-7-11-39(37)42(40-12-8-6-10-38(40)41)44(35-25-17-31(3)18-26-35)36-27-19-32(4)20-28-36;1-28(2)21-10-4-6-12-23(21)29(24-13-7-5-11-22(24)28)18-15-16-20-26(17-18)31-25-14-8-3-9-19(25)27(20)30/h1-32H;5-28H,1-4H3;3-17H,1-2H3. The highest BCUT2D eigenvalue weighted by Gasteiger charge is 2.37. The molecule has 19 aromatic carbocycles. The van der Waals surface area contributed by atoms with E-state index in [-0.39, 0.29) is 10.8 Å². The Morgan fingerprint density at radius 3 is 0.942 bits per heavy atom. The minimum atomic E-state index is -0.108. The van der Waals surface area contributed by atoms with E-state index < -0.39 is 0 Å². The molecule has 0 saturated heterocycles.